The number of amides is 1. The number of likely N-dealkylation sites (tertiary alicyclic amines) is 1. The number of hydrogen-bond acceptors (Lipinski definition) is 5. The molecule has 1 aromatic rings. The van der Waals surface area contributed by atoms with Crippen molar-refractivity contribution < 1.29 is 19.4 Å². The van der Waals surface area contributed by atoms with Gasteiger partial charge >= 0.3 is 12.1 Å². The van der Waals surface area contributed by atoms with Crippen LogP contribution < -0.4 is 5.32 Å². The number of hydrogen-bond donors (Lipinski definition) is 2. The predicted octanol–water partition coefficient (Wildman–Crippen LogP) is 2.68. The number of methoxy groups -OCH3 is 1. The van der Waals surface area contributed by atoms with E-state index in [0.717, 1.165) is 24.9 Å². The fourth-order valence-electron chi connectivity index (χ4n) is 4.26. The summed E-state index contributed by atoms with van der Waals surface area (Å²) in [5.74, 6) is -0.467. The normalized spacial score (nSPS) is 27.8. The molecule has 1 aromatic carbocycles. The van der Waals surface area contributed by atoms with Crippen LogP contribution in [0.4, 0.5) is 10.5 Å². The van der Waals surface area contributed by atoms with Crippen LogP contribution >= 0.6 is 0 Å². The molecule has 7 nitrogen and oxygen atoms in total. The van der Waals surface area contributed by atoms with Crippen molar-refractivity contribution in [3.63, 3.8) is 0 Å². The van der Waals surface area contributed by atoms with Crippen LogP contribution in [0.1, 0.15) is 31.2 Å². The lowest BCUT2D eigenvalue weighted by atomic mass is 9.71. The largest absolute Gasteiger partial charge is 0.480 e. The van der Waals surface area contributed by atoms with Crippen molar-refractivity contribution in [3.8, 4) is 6.07 Å². The Morgan fingerprint density at radius 3 is 2.73 bits per heavy atom. The number of carboxylic acids is 1. The van der Waals surface area contributed by atoms with Crippen molar-refractivity contribution in [2.45, 2.75) is 37.8 Å². The van der Waals surface area contributed by atoms with E-state index in [0.29, 0.717) is 18.5 Å². The highest BCUT2D eigenvalue weighted by atomic mass is 16.5. The molecule has 1 aliphatic carbocycles. The molecule has 0 bridgehead atoms. The van der Waals surface area contributed by atoms with Gasteiger partial charge in [0.05, 0.1) is 18.4 Å². The van der Waals surface area contributed by atoms with Gasteiger partial charge in [0, 0.05) is 12.6 Å². The summed E-state index contributed by atoms with van der Waals surface area (Å²) in [5, 5.41) is 22.2. The molecule has 1 heterocycles. The average Bonchev–Trinajstić information content (AvgIpc) is 2.66. The molecule has 1 amide bonds. The molecule has 4 unspecified atom stereocenters. The maximum absolute atomic E-state index is 11.9. The minimum absolute atomic E-state index is 0.199. The monoisotopic (exact) mass is 357 g/mol. The Bertz CT molecular complexity index is 730. The first-order chi connectivity index (χ1) is 12.5. The summed E-state index contributed by atoms with van der Waals surface area (Å²) in [5.41, 5.74) is 1.43. The lowest BCUT2D eigenvalue weighted by Crippen LogP contribution is -2.55. The second-order valence-electron chi connectivity index (χ2n) is 7.04. The number of para-hydroxylation sites is 1. The van der Waals surface area contributed by atoms with Gasteiger partial charge in [0.1, 0.15) is 12.1 Å². The topological polar surface area (TPSA) is 103 Å². The SMILES string of the molecule is COC(=O)N1CC2CCC(Nc3ccccc3C#N)CC2CC1C(=O)O. The Kier molecular flexibility index (Phi) is 5.31. The summed E-state index contributed by atoms with van der Waals surface area (Å²) in [6, 6.07) is 8.95. The minimum atomic E-state index is -0.987. The number of carboxylic acid groups (broad SMARTS) is 1. The Morgan fingerprint density at radius 1 is 1.27 bits per heavy atom. The third-order valence-corrected chi connectivity index (χ3v) is 5.57. The first kappa shape index (κ1) is 18.1. The Morgan fingerprint density at radius 2 is 2.04 bits per heavy atom. The summed E-state index contributed by atoms with van der Waals surface area (Å²) in [7, 11) is 1.28. The summed E-state index contributed by atoms with van der Waals surface area (Å²) >= 11 is 0. The Labute approximate surface area is 152 Å². The highest BCUT2D eigenvalue weighted by Crippen LogP contribution is 2.40. The van der Waals surface area contributed by atoms with E-state index >= 15 is 0 Å². The molecule has 2 fully saturated rings. The van der Waals surface area contributed by atoms with Crippen LogP contribution in [-0.2, 0) is 9.53 Å². The van der Waals surface area contributed by atoms with E-state index in [-0.39, 0.29) is 17.9 Å². The number of aliphatic carboxylic acids is 1. The third kappa shape index (κ3) is 3.59. The van der Waals surface area contributed by atoms with Crippen molar-refractivity contribution in [1.82, 2.24) is 4.90 Å². The van der Waals surface area contributed by atoms with Crippen LogP contribution in [0.2, 0.25) is 0 Å². The number of piperidine rings is 1. The van der Waals surface area contributed by atoms with Gasteiger partial charge in [-0.3, -0.25) is 4.90 Å². The average molecular weight is 357 g/mol. The van der Waals surface area contributed by atoms with Crippen LogP contribution in [0.25, 0.3) is 0 Å². The fourth-order valence-corrected chi connectivity index (χ4v) is 4.26. The first-order valence-electron chi connectivity index (χ1n) is 8.86. The van der Waals surface area contributed by atoms with E-state index in [1.165, 1.54) is 12.0 Å². The van der Waals surface area contributed by atoms with Crippen LogP contribution in [0.3, 0.4) is 0 Å². The van der Waals surface area contributed by atoms with Gasteiger partial charge in [0.25, 0.3) is 0 Å². The number of carbonyl (C=O) groups excluding carboxylic acids is 1. The lowest BCUT2D eigenvalue weighted by molar-refractivity contribution is -0.146. The van der Waals surface area contributed by atoms with E-state index < -0.39 is 18.1 Å². The Balaban J connectivity index is 1.70. The zero-order valence-electron chi connectivity index (χ0n) is 14.7. The molecule has 4 atom stereocenters. The molecule has 0 spiro atoms. The van der Waals surface area contributed by atoms with Gasteiger partial charge < -0.3 is 15.2 Å². The summed E-state index contributed by atoms with van der Waals surface area (Å²) in [6.07, 6.45) is 2.54. The predicted molar refractivity (Wildman–Crippen MR) is 94.6 cm³/mol. The summed E-state index contributed by atoms with van der Waals surface area (Å²) in [4.78, 5) is 24.9. The molecule has 138 valence electrons. The van der Waals surface area contributed by atoms with Gasteiger partial charge in [0.15, 0.2) is 0 Å². The number of rotatable bonds is 3. The van der Waals surface area contributed by atoms with E-state index in [9.17, 15) is 20.0 Å². The highest BCUT2D eigenvalue weighted by Gasteiger charge is 2.44. The van der Waals surface area contributed by atoms with E-state index in [4.69, 9.17) is 4.74 Å². The highest BCUT2D eigenvalue weighted by molar-refractivity contribution is 5.80. The third-order valence-electron chi connectivity index (χ3n) is 5.57. The maximum atomic E-state index is 11.9. The fraction of sp³-hybridized carbons (Fsp3) is 0.526. The zero-order chi connectivity index (χ0) is 18.7. The first-order valence-corrected chi connectivity index (χ1v) is 8.86. The zero-order valence-corrected chi connectivity index (χ0v) is 14.7. The van der Waals surface area contributed by atoms with E-state index in [1.54, 1.807) is 6.07 Å². The lowest BCUT2D eigenvalue weighted by Gasteiger charge is -2.46. The van der Waals surface area contributed by atoms with Gasteiger partial charge in [-0.2, -0.15) is 5.26 Å². The molecule has 1 aliphatic heterocycles. The van der Waals surface area contributed by atoms with Crippen molar-refractivity contribution in [3.05, 3.63) is 29.8 Å². The number of benzene rings is 1. The minimum Gasteiger partial charge on any atom is -0.480 e. The van der Waals surface area contributed by atoms with Crippen molar-refractivity contribution >= 4 is 17.7 Å². The van der Waals surface area contributed by atoms with Gasteiger partial charge in [-0.15, -0.1) is 0 Å². The standard InChI is InChI=1S/C19H23N3O4/c1-26-19(25)22-11-13-6-7-15(8-14(13)9-17(22)18(23)24)21-16-5-3-2-4-12(16)10-20/h2-5,13-15,17,21H,6-9,11H2,1H3,(H,23,24). The van der Waals surface area contributed by atoms with Gasteiger partial charge in [-0.25, -0.2) is 9.59 Å². The van der Waals surface area contributed by atoms with Gasteiger partial charge in [0.2, 0.25) is 0 Å². The van der Waals surface area contributed by atoms with Crippen molar-refractivity contribution in [2.75, 3.05) is 19.0 Å². The van der Waals surface area contributed by atoms with Crippen LogP contribution in [-0.4, -0.2) is 47.8 Å². The molecule has 2 N–H and O–H groups in total. The molecule has 3 rings (SSSR count). The van der Waals surface area contributed by atoms with Crippen molar-refractivity contribution in [1.29, 1.82) is 5.26 Å². The number of carbonyl (C=O) groups is 2. The number of ether oxygens (including phenoxy) is 1. The number of anilines is 1. The number of nitriles is 1. The van der Waals surface area contributed by atoms with Crippen LogP contribution in [0, 0.1) is 23.2 Å². The molecule has 26 heavy (non-hydrogen) atoms. The molecule has 0 radical (unpaired) electrons. The molecule has 7 heteroatoms. The summed E-state index contributed by atoms with van der Waals surface area (Å²) in [6.45, 7) is 0.426. The molecular formula is C19H23N3O4. The number of fused-ring (bicyclic) bond motifs is 1. The van der Waals surface area contributed by atoms with E-state index in [2.05, 4.69) is 11.4 Å². The smallest absolute Gasteiger partial charge is 0.410 e. The quantitative estimate of drug-likeness (QED) is 0.862. The second-order valence-corrected chi connectivity index (χ2v) is 7.04. The van der Waals surface area contributed by atoms with Crippen molar-refractivity contribution in [2.24, 2.45) is 11.8 Å². The number of nitrogens with one attached hydrogen (secondary N) is 1. The second kappa shape index (κ2) is 7.65. The molecule has 1 saturated carbocycles. The number of nitrogens with zero attached hydrogens (tertiary/aromatic N) is 2. The molecular weight excluding hydrogens is 334 g/mol. The Hall–Kier alpha value is -2.75. The van der Waals surface area contributed by atoms with E-state index in [1.807, 2.05) is 18.2 Å². The summed E-state index contributed by atoms with van der Waals surface area (Å²) < 4.78 is 4.76. The van der Waals surface area contributed by atoms with Gasteiger partial charge in [-0.1, -0.05) is 12.1 Å². The molecule has 0 aromatic heterocycles. The maximum Gasteiger partial charge on any atom is 0.410 e. The molecule has 2 aliphatic rings. The molecule has 1 saturated heterocycles. The van der Waals surface area contributed by atoms with Crippen LogP contribution in [0.15, 0.2) is 24.3 Å². The van der Waals surface area contributed by atoms with Crippen LogP contribution in [0.5, 0.6) is 0 Å². The van der Waals surface area contributed by atoms with Gasteiger partial charge in [-0.05, 0) is 49.7 Å².